The first-order valence-corrected chi connectivity index (χ1v) is 26.0. The number of aliphatic carboxylic acids is 1. The predicted molar refractivity (Wildman–Crippen MR) is 288 cm³/mol. The lowest BCUT2D eigenvalue weighted by atomic mass is 9.99. The highest BCUT2D eigenvalue weighted by molar-refractivity contribution is 6.43. The van der Waals surface area contributed by atoms with Crippen LogP contribution < -0.4 is 30.0 Å². The molecule has 0 aliphatic carbocycles. The maximum Gasteiger partial charge on any atom is 0.377 e. The van der Waals surface area contributed by atoms with Crippen LogP contribution in [-0.4, -0.2) is 126 Å². The summed E-state index contributed by atoms with van der Waals surface area (Å²) in [6, 6.07) is 30.2. The largest absolute Gasteiger partial charge is 0.486 e. The molecule has 0 saturated carbocycles. The normalized spacial score (nSPS) is 16.4. The van der Waals surface area contributed by atoms with Crippen molar-refractivity contribution in [3.05, 3.63) is 165 Å². The van der Waals surface area contributed by atoms with Crippen LogP contribution in [0.25, 0.3) is 22.3 Å². The Hall–Kier alpha value is -6.96. The summed E-state index contributed by atoms with van der Waals surface area (Å²) >= 11 is 12.6. The fourth-order valence-electron chi connectivity index (χ4n) is 9.31. The number of nitrogens with zero attached hydrogens (tertiary/aromatic N) is 2. The summed E-state index contributed by atoms with van der Waals surface area (Å²) in [4.78, 5) is 52.2. The Kier molecular flexibility index (Phi) is 19.3. The molecule has 19 heteroatoms. The number of carbonyl (C=O) groups excluding carboxylic acids is 3. The van der Waals surface area contributed by atoms with E-state index in [2.05, 4.69) is 15.1 Å². The number of hydrogen-bond acceptors (Lipinski definition) is 13. The van der Waals surface area contributed by atoms with Crippen LogP contribution in [-0.2, 0) is 9.59 Å². The SMILES string of the molecule is N[C@H](CN1CCCC1)C(O)c1cc(Cl)c2c(c1)OCCO2.O=C(N[C@H](CN1CCCC1)[C@H](O)c1cc(Cl)c2c(c1)OCCO2)C(=O)c1ccc(-c2ccc(F)cc2)cc1.O=C(O)C(=O)c1ccc(-c2ccc(F)cc2)cc1.[2HH]. The third kappa shape index (κ3) is 14.8. The number of likely N-dealkylation sites (tertiary alicyclic amines) is 2. The first-order valence-electron chi connectivity index (χ1n) is 25.2. The van der Waals surface area contributed by atoms with E-state index in [4.69, 9.17) is 53.0 Å². The fourth-order valence-corrected chi connectivity index (χ4v) is 9.86. The monoisotopic (exact) mass is 1100 g/mol. The van der Waals surface area contributed by atoms with E-state index in [1.165, 1.54) is 49.2 Å². The zero-order chi connectivity index (χ0) is 54.6. The van der Waals surface area contributed by atoms with Crippen molar-refractivity contribution in [2.75, 3.05) is 65.7 Å². The van der Waals surface area contributed by atoms with Gasteiger partial charge in [-0.05, 0) is 134 Å². The molecule has 4 aliphatic rings. The lowest BCUT2D eigenvalue weighted by Gasteiger charge is -2.29. The van der Waals surface area contributed by atoms with Crippen LogP contribution in [0.3, 0.4) is 0 Å². The Bertz CT molecular complexity index is 3020. The third-order valence-corrected chi connectivity index (χ3v) is 14.0. The molecule has 406 valence electrons. The van der Waals surface area contributed by atoms with Crippen LogP contribution in [0.1, 0.15) is 71.2 Å². The quantitative estimate of drug-likeness (QED) is 0.0480. The lowest BCUT2D eigenvalue weighted by molar-refractivity contribution is -0.131. The van der Waals surface area contributed by atoms with Gasteiger partial charge in [0.15, 0.2) is 23.0 Å². The van der Waals surface area contributed by atoms with Crippen LogP contribution in [0.5, 0.6) is 23.0 Å². The number of fused-ring (bicyclic) bond motifs is 2. The second kappa shape index (κ2) is 26.4. The second-order valence-corrected chi connectivity index (χ2v) is 19.6. The minimum atomic E-state index is -1.48. The van der Waals surface area contributed by atoms with Crippen LogP contribution in [0, 0.1) is 11.6 Å². The fraction of sp³-hybridized carbons (Fsp3) is 0.310. The van der Waals surface area contributed by atoms with E-state index in [1.54, 1.807) is 84.9 Å². The molecule has 10 rings (SSSR count). The molecule has 6 aromatic rings. The third-order valence-electron chi connectivity index (χ3n) is 13.4. The number of nitrogens with one attached hydrogen (secondary N) is 1. The summed E-state index contributed by atoms with van der Waals surface area (Å²) in [6.07, 6.45) is 2.58. The molecule has 6 N–H and O–H groups in total. The molecule has 1 amide bonds. The van der Waals surface area contributed by atoms with Gasteiger partial charge in [-0.3, -0.25) is 14.4 Å². The number of rotatable bonds is 15. The number of carbonyl (C=O) groups is 4. The van der Waals surface area contributed by atoms with Gasteiger partial charge < -0.3 is 55.1 Å². The van der Waals surface area contributed by atoms with E-state index in [0.29, 0.717) is 83.7 Å². The Labute approximate surface area is 455 Å². The van der Waals surface area contributed by atoms with Crippen molar-refractivity contribution in [2.45, 2.75) is 50.0 Å². The Morgan fingerprint density at radius 1 is 0.558 bits per heavy atom. The van der Waals surface area contributed by atoms with Crippen molar-refractivity contribution in [2.24, 2.45) is 5.73 Å². The van der Waals surface area contributed by atoms with Gasteiger partial charge in [0.05, 0.1) is 22.2 Å². The van der Waals surface area contributed by atoms with Crippen LogP contribution in [0.2, 0.25) is 10.0 Å². The number of ketones is 2. The number of carboxylic acids is 1. The maximum absolute atomic E-state index is 13.2. The van der Waals surface area contributed by atoms with Crippen molar-refractivity contribution < 1.29 is 63.7 Å². The maximum atomic E-state index is 13.2. The predicted octanol–water partition coefficient (Wildman–Crippen LogP) is 8.99. The summed E-state index contributed by atoms with van der Waals surface area (Å²) in [6.45, 7) is 6.60. The molecule has 0 bridgehead atoms. The summed E-state index contributed by atoms with van der Waals surface area (Å²) in [5.41, 5.74) is 10.8. The molecule has 2 fully saturated rings. The highest BCUT2D eigenvalue weighted by Gasteiger charge is 2.31. The summed E-state index contributed by atoms with van der Waals surface area (Å²) in [5.74, 6) is -2.62. The standard InChI is InChI=1S/C29H28ClFN2O5.C15H21ClN2O3.C14H9FO3.H2/c30-23-15-21(16-25-28(23)38-14-13-37-25)26(34)24(17-33-11-1-2-12-33)32-29(36)27(35)20-5-3-18(4-6-20)19-7-9-22(31)10-8-19;16-11-7-10(8-13-15(11)21-6-5-20-13)14(19)12(17)9-18-3-1-2-4-18;15-12-7-5-10(6-8-12)9-1-3-11(4-2-9)13(16)14(17)18;/h3-10,15-16,24,26,34H,1-2,11-14,17H2,(H,32,36);7-8,12,14,19H,1-6,9,17H2;1-8H,(H,17,18);1H/t24-,26-;12-,14?;;/m11../s1/i;;;1+1. The molecular weight excluding hydrogens is 1040 g/mol. The Morgan fingerprint density at radius 2 is 0.935 bits per heavy atom. The van der Waals surface area contributed by atoms with Gasteiger partial charge in [0.25, 0.3) is 11.7 Å². The van der Waals surface area contributed by atoms with E-state index in [-0.39, 0.29) is 30.2 Å². The van der Waals surface area contributed by atoms with E-state index in [0.717, 1.165) is 61.3 Å². The van der Waals surface area contributed by atoms with E-state index in [9.17, 15) is 38.2 Å². The summed E-state index contributed by atoms with van der Waals surface area (Å²) in [5, 5.41) is 33.9. The van der Waals surface area contributed by atoms with Gasteiger partial charge in [-0.25, -0.2) is 13.6 Å². The minimum absolute atomic E-state index is 0. The molecule has 0 aromatic heterocycles. The number of carboxylic acid groups (broad SMARTS) is 1. The molecule has 15 nitrogen and oxygen atoms in total. The number of benzene rings is 6. The molecule has 0 radical (unpaired) electrons. The summed E-state index contributed by atoms with van der Waals surface area (Å²) < 4.78 is 48.2. The van der Waals surface area contributed by atoms with Gasteiger partial charge >= 0.3 is 5.97 Å². The smallest absolute Gasteiger partial charge is 0.377 e. The second-order valence-electron chi connectivity index (χ2n) is 18.8. The van der Waals surface area contributed by atoms with Crippen molar-refractivity contribution in [3.63, 3.8) is 0 Å². The Morgan fingerprint density at radius 3 is 1.36 bits per heavy atom. The number of aliphatic hydroxyl groups is 2. The van der Waals surface area contributed by atoms with Gasteiger partial charge in [-0.2, -0.15) is 0 Å². The van der Waals surface area contributed by atoms with Crippen LogP contribution >= 0.6 is 23.2 Å². The topological polar surface area (TPSA) is 210 Å². The van der Waals surface area contributed by atoms with Gasteiger partial charge in [-0.1, -0.05) is 96.0 Å². The molecule has 4 heterocycles. The summed E-state index contributed by atoms with van der Waals surface area (Å²) in [7, 11) is 0. The molecular formula is C58H60Cl2F2N4O11. The van der Waals surface area contributed by atoms with Crippen molar-refractivity contribution in [1.29, 1.82) is 0 Å². The molecule has 6 aromatic carbocycles. The van der Waals surface area contributed by atoms with E-state index < -0.39 is 41.7 Å². The zero-order valence-electron chi connectivity index (χ0n) is 41.8. The first kappa shape index (κ1) is 56.2. The number of amides is 1. The van der Waals surface area contributed by atoms with Crippen molar-refractivity contribution in [3.8, 4) is 45.3 Å². The number of nitrogens with two attached hydrogens (primary N) is 1. The van der Waals surface area contributed by atoms with Gasteiger partial charge in [0.2, 0.25) is 5.78 Å². The molecule has 0 spiro atoms. The van der Waals surface area contributed by atoms with Gasteiger partial charge in [-0.15, -0.1) is 0 Å². The highest BCUT2D eigenvalue weighted by Crippen LogP contribution is 2.41. The van der Waals surface area contributed by atoms with Crippen LogP contribution in [0.4, 0.5) is 8.78 Å². The number of ether oxygens (including phenoxy) is 4. The van der Waals surface area contributed by atoms with Crippen molar-refractivity contribution in [1.82, 2.24) is 15.1 Å². The number of halogens is 4. The highest BCUT2D eigenvalue weighted by atomic mass is 35.5. The number of hydrogen-bond donors (Lipinski definition) is 5. The average molecular weight is 1100 g/mol. The minimum Gasteiger partial charge on any atom is -0.486 e. The van der Waals surface area contributed by atoms with E-state index in [1.807, 2.05) is 0 Å². The molecule has 4 atom stereocenters. The first-order chi connectivity index (χ1) is 37.1. The number of aliphatic hydroxyl groups excluding tert-OH is 2. The molecule has 77 heavy (non-hydrogen) atoms. The van der Waals surface area contributed by atoms with E-state index >= 15 is 0 Å². The van der Waals surface area contributed by atoms with Crippen molar-refractivity contribution >= 4 is 46.6 Å². The lowest BCUT2D eigenvalue weighted by Crippen LogP contribution is -2.48. The van der Waals surface area contributed by atoms with Gasteiger partial charge in [0.1, 0.15) is 44.2 Å². The molecule has 1 unspecified atom stereocenters. The molecule has 2 saturated heterocycles. The van der Waals surface area contributed by atoms with Gasteiger partial charge in [0, 0.05) is 31.7 Å². The van der Waals surface area contributed by atoms with Crippen LogP contribution in [0.15, 0.2) is 121 Å². The number of Topliss-reactive ketones (excluding diaryl/α,β-unsaturated/α-hetero) is 2. The molecule has 4 aliphatic heterocycles. The zero-order valence-corrected chi connectivity index (χ0v) is 43.4. The Balaban J connectivity index is 0.000000186. The average Bonchev–Trinajstić information content (AvgIpc) is 4.18.